The van der Waals surface area contributed by atoms with E-state index in [9.17, 15) is 0 Å². The van der Waals surface area contributed by atoms with Crippen LogP contribution in [0.25, 0.3) is 93.6 Å². The highest BCUT2D eigenvalue weighted by molar-refractivity contribution is 6.18. The number of hydrogen-bond acceptors (Lipinski definition) is 2. The molecule has 3 heteroatoms. The summed E-state index contributed by atoms with van der Waals surface area (Å²) in [6.07, 6.45) is 0. The molecule has 3 nitrogen and oxygen atoms in total. The number of nitrogens with zero attached hydrogens (tertiary/aromatic N) is 2. The average Bonchev–Trinajstić information content (AvgIpc) is 3.89. The van der Waals surface area contributed by atoms with Gasteiger partial charge < -0.3 is 13.9 Å². The Hall–Kier alpha value is -8.14. The SMILES string of the molecule is c1ccc(-c2cccc3cccc(-c4ccccc4N(c4ccccc4-c4cccc5c6ccccc6n(-c6ccccc6)c45)c4cccc5oc6ccccc6c45)c23)cc1. The number of para-hydroxylation sites is 6. The van der Waals surface area contributed by atoms with E-state index in [0.717, 1.165) is 61.4 Å². The van der Waals surface area contributed by atoms with Crippen molar-refractivity contribution in [2.45, 2.75) is 0 Å². The summed E-state index contributed by atoms with van der Waals surface area (Å²) < 4.78 is 9.02. The minimum Gasteiger partial charge on any atom is -0.456 e. The average molecular weight is 779 g/mol. The summed E-state index contributed by atoms with van der Waals surface area (Å²) in [6, 6.07) is 83.0. The highest BCUT2D eigenvalue weighted by atomic mass is 16.3. The third kappa shape index (κ3) is 5.59. The lowest BCUT2D eigenvalue weighted by atomic mass is 9.90. The third-order valence-electron chi connectivity index (χ3n) is 12.2. The van der Waals surface area contributed by atoms with E-state index < -0.39 is 0 Å². The summed E-state index contributed by atoms with van der Waals surface area (Å²) >= 11 is 0. The Bertz CT molecular complexity index is 3590. The summed E-state index contributed by atoms with van der Waals surface area (Å²) in [5, 5.41) is 7.01. The second-order valence-corrected chi connectivity index (χ2v) is 15.6. The monoisotopic (exact) mass is 778 g/mol. The van der Waals surface area contributed by atoms with Gasteiger partial charge in [0.1, 0.15) is 11.2 Å². The number of aromatic nitrogens is 1. The van der Waals surface area contributed by atoms with Gasteiger partial charge in [0.05, 0.1) is 33.5 Å². The standard InChI is InChI=1S/C58H38N2O/c1-3-19-39(20-4-1)42-29-15-21-40-22-16-30-46(56(40)42)43-25-7-12-34-51(43)60(53-36-18-38-55-57(53)49-28-10-14-37-54(49)61-55)52-35-13-9-27-45(52)48-32-17-31-47-44-26-8-11-33-50(44)59(58(47)48)41-23-5-2-6-24-41/h1-38H. The van der Waals surface area contributed by atoms with Gasteiger partial charge in [0, 0.05) is 38.5 Å². The normalized spacial score (nSPS) is 11.6. The molecule has 0 bridgehead atoms. The molecule has 12 rings (SSSR count). The van der Waals surface area contributed by atoms with Crippen LogP contribution in [0.15, 0.2) is 235 Å². The van der Waals surface area contributed by atoms with Crippen LogP contribution in [0.5, 0.6) is 0 Å². The van der Waals surface area contributed by atoms with Crippen LogP contribution in [0.4, 0.5) is 17.1 Å². The molecule has 0 N–H and O–H groups in total. The van der Waals surface area contributed by atoms with Gasteiger partial charge in [0.2, 0.25) is 0 Å². The lowest BCUT2D eigenvalue weighted by Crippen LogP contribution is -2.13. The molecule has 0 fully saturated rings. The number of fused-ring (bicyclic) bond motifs is 7. The van der Waals surface area contributed by atoms with Crippen molar-refractivity contribution in [2.75, 3.05) is 4.90 Å². The van der Waals surface area contributed by atoms with E-state index in [0.29, 0.717) is 0 Å². The molecule has 0 aliphatic heterocycles. The minimum absolute atomic E-state index is 0.849. The van der Waals surface area contributed by atoms with E-state index in [4.69, 9.17) is 4.42 Å². The van der Waals surface area contributed by atoms with Crippen LogP contribution in [0, 0.1) is 0 Å². The van der Waals surface area contributed by atoms with E-state index in [-0.39, 0.29) is 0 Å². The van der Waals surface area contributed by atoms with Crippen molar-refractivity contribution in [3.8, 4) is 39.1 Å². The Kier molecular flexibility index (Phi) is 8.17. The maximum Gasteiger partial charge on any atom is 0.137 e. The van der Waals surface area contributed by atoms with Gasteiger partial charge in [-0.25, -0.2) is 0 Å². The van der Waals surface area contributed by atoms with E-state index in [1.807, 2.05) is 6.07 Å². The smallest absolute Gasteiger partial charge is 0.137 e. The van der Waals surface area contributed by atoms with Crippen LogP contribution in [0.3, 0.4) is 0 Å². The van der Waals surface area contributed by atoms with Gasteiger partial charge in [-0.1, -0.05) is 182 Å². The largest absolute Gasteiger partial charge is 0.456 e. The molecule has 0 atom stereocenters. The Morgan fingerprint density at radius 3 is 1.64 bits per heavy atom. The molecule has 0 saturated heterocycles. The summed E-state index contributed by atoms with van der Waals surface area (Å²) in [5.74, 6) is 0. The highest BCUT2D eigenvalue weighted by Crippen LogP contribution is 2.51. The van der Waals surface area contributed by atoms with Crippen molar-refractivity contribution in [3.63, 3.8) is 0 Å². The molecule has 61 heavy (non-hydrogen) atoms. The van der Waals surface area contributed by atoms with Crippen LogP contribution >= 0.6 is 0 Å². The molecular formula is C58H38N2O. The second kappa shape index (κ2) is 14.3. The molecule has 2 heterocycles. The second-order valence-electron chi connectivity index (χ2n) is 15.6. The zero-order chi connectivity index (χ0) is 40.3. The first-order valence-corrected chi connectivity index (χ1v) is 20.9. The number of anilines is 3. The molecule has 0 spiro atoms. The van der Waals surface area contributed by atoms with E-state index in [1.165, 1.54) is 49.3 Å². The first kappa shape index (κ1) is 34.9. The van der Waals surface area contributed by atoms with Crippen molar-refractivity contribution in [1.82, 2.24) is 4.57 Å². The Balaban J connectivity index is 1.19. The Labute approximate surface area is 353 Å². The van der Waals surface area contributed by atoms with Crippen molar-refractivity contribution >= 4 is 71.6 Å². The maximum atomic E-state index is 6.59. The van der Waals surface area contributed by atoms with E-state index in [2.05, 4.69) is 234 Å². The first-order valence-electron chi connectivity index (χ1n) is 20.9. The van der Waals surface area contributed by atoms with Crippen LogP contribution in [-0.2, 0) is 0 Å². The summed E-state index contributed by atoms with van der Waals surface area (Å²) in [5.41, 5.74) is 15.3. The third-order valence-corrected chi connectivity index (χ3v) is 12.2. The summed E-state index contributed by atoms with van der Waals surface area (Å²) in [6.45, 7) is 0. The molecule has 12 aromatic rings. The molecule has 2 aromatic heterocycles. The predicted octanol–water partition coefficient (Wildman–Crippen LogP) is 16.3. The molecular weight excluding hydrogens is 741 g/mol. The van der Waals surface area contributed by atoms with Gasteiger partial charge in [-0.15, -0.1) is 0 Å². The molecule has 10 aromatic carbocycles. The first-order chi connectivity index (χ1) is 30.3. The van der Waals surface area contributed by atoms with Crippen molar-refractivity contribution in [2.24, 2.45) is 0 Å². The molecule has 0 aliphatic carbocycles. The van der Waals surface area contributed by atoms with Gasteiger partial charge in [0.25, 0.3) is 0 Å². The van der Waals surface area contributed by atoms with Crippen LogP contribution < -0.4 is 4.90 Å². The molecule has 0 saturated carbocycles. The van der Waals surface area contributed by atoms with Crippen molar-refractivity contribution in [1.29, 1.82) is 0 Å². The lowest BCUT2D eigenvalue weighted by Gasteiger charge is -2.31. The highest BCUT2D eigenvalue weighted by Gasteiger charge is 2.26. The van der Waals surface area contributed by atoms with Crippen molar-refractivity contribution in [3.05, 3.63) is 231 Å². The molecule has 0 radical (unpaired) electrons. The van der Waals surface area contributed by atoms with Crippen LogP contribution in [0.2, 0.25) is 0 Å². The zero-order valence-electron chi connectivity index (χ0n) is 33.2. The molecule has 0 amide bonds. The summed E-state index contributed by atoms with van der Waals surface area (Å²) in [4.78, 5) is 2.48. The van der Waals surface area contributed by atoms with Gasteiger partial charge in [-0.2, -0.15) is 0 Å². The maximum absolute atomic E-state index is 6.59. The molecule has 0 unspecified atom stereocenters. The minimum atomic E-state index is 0.849. The Morgan fingerprint density at radius 1 is 0.328 bits per heavy atom. The topological polar surface area (TPSA) is 21.3 Å². The van der Waals surface area contributed by atoms with Gasteiger partial charge in [-0.05, 0) is 76.0 Å². The fraction of sp³-hybridized carbons (Fsp3) is 0. The number of rotatable bonds is 7. The van der Waals surface area contributed by atoms with Gasteiger partial charge >= 0.3 is 0 Å². The van der Waals surface area contributed by atoms with Gasteiger partial charge in [-0.3, -0.25) is 0 Å². The van der Waals surface area contributed by atoms with Crippen LogP contribution in [-0.4, -0.2) is 4.57 Å². The summed E-state index contributed by atoms with van der Waals surface area (Å²) in [7, 11) is 0. The zero-order valence-corrected chi connectivity index (χ0v) is 33.2. The number of hydrogen-bond donors (Lipinski definition) is 0. The lowest BCUT2D eigenvalue weighted by molar-refractivity contribution is 0.669. The number of furan rings is 1. The molecule has 286 valence electrons. The van der Waals surface area contributed by atoms with E-state index >= 15 is 0 Å². The van der Waals surface area contributed by atoms with Gasteiger partial charge in [0.15, 0.2) is 0 Å². The fourth-order valence-corrected chi connectivity index (χ4v) is 9.63. The number of benzene rings is 10. The van der Waals surface area contributed by atoms with Crippen molar-refractivity contribution < 1.29 is 4.42 Å². The predicted molar refractivity (Wildman–Crippen MR) is 257 cm³/mol. The fourth-order valence-electron chi connectivity index (χ4n) is 9.63. The van der Waals surface area contributed by atoms with Crippen LogP contribution in [0.1, 0.15) is 0 Å². The van der Waals surface area contributed by atoms with E-state index in [1.54, 1.807) is 0 Å². The Morgan fingerprint density at radius 2 is 0.852 bits per heavy atom. The molecule has 0 aliphatic rings. The quantitative estimate of drug-likeness (QED) is 0.161.